The van der Waals surface area contributed by atoms with Crippen LogP contribution in [0.25, 0.3) is 0 Å². The summed E-state index contributed by atoms with van der Waals surface area (Å²) in [5.74, 6) is -0.875. The van der Waals surface area contributed by atoms with Crippen LogP contribution in [-0.2, 0) is 6.54 Å². The fraction of sp³-hybridized carbons (Fsp3) is 0.562. The van der Waals surface area contributed by atoms with Gasteiger partial charge in [0.15, 0.2) is 0 Å². The summed E-state index contributed by atoms with van der Waals surface area (Å²) >= 11 is 0. The molecule has 4 heteroatoms. The fourth-order valence-electron chi connectivity index (χ4n) is 2.25. The SMILES string of the molecule is CCCN(CC)C[C@H](C)NCc1cccc(C(=O)O)c1. The molecule has 0 aromatic heterocycles. The minimum absolute atomic E-state index is 0.345. The van der Waals surface area contributed by atoms with Crippen molar-refractivity contribution in [3.63, 3.8) is 0 Å². The number of carboxylic acid groups (broad SMARTS) is 1. The minimum Gasteiger partial charge on any atom is -0.478 e. The molecule has 2 N–H and O–H groups in total. The number of hydrogen-bond acceptors (Lipinski definition) is 3. The van der Waals surface area contributed by atoms with Gasteiger partial charge < -0.3 is 15.3 Å². The molecule has 0 aliphatic heterocycles. The number of rotatable bonds is 9. The number of benzene rings is 1. The van der Waals surface area contributed by atoms with Crippen molar-refractivity contribution in [3.8, 4) is 0 Å². The van der Waals surface area contributed by atoms with Crippen LogP contribution in [0.5, 0.6) is 0 Å². The zero-order valence-corrected chi connectivity index (χ0v) is 12.7. The molecule has 0 radical (unpaired) electrons. The van der Waals surface area contributed by atoms with E-state index in [0.29, 0.717) is 18.2 Å². The summed E-state index contributed by atoms with van der Waals surface area (Å²) in [6.45, 7) is 10.4. The normalized spacial score (nSPS) is 12.6. The molecule has 0 aliphatic carbocycles. The molecule has 0 saturated heterocycles. The highest BCUT2D eigenvalue weighted by atomic mass is 16.4. The first-order chi connectivity index (χ1) is 9.56. The first-order valence-electron chi connectivity index (χ1n) is 7.34. The van der Waals surface area contributed by atoms with Crippen LogP contribution in [0.4, 0.5) is 0 Å². The highest BCUT2D eigenvalue weighted by Gasteiger charge is 2.08. The standard InChI is InChI=1S/C16H26N2O2/c1-4-9-18(5-2)12-13(3)17-11-14-7-6-8-15(10-14)16(19)20/h6-8,10,13,17H,4-5,9,11-12H2,1-3H3,(H,19,20)/t13-/m0/s1. The van der Waals surface area contributed by atoms with Gasteiger partial charge in [0.05, 0.1) is 5.56 Å². The summed E-state index contributed by atoms with van der Waals surface area (Å²) in [7, 11) is 0. The molecule has 0 unspecified atom stereocenters. The van der Waals surface area contributed by atoms with Crippen molar-refractivity contribution >= 4 is 5.97 Å². The number of hydrogen-bond donors (Lipinski definition) is 2. The molecule has 0 spiro atoms. The van der Waals surface area contributed by atoms with Gasteiger partial charge in [-0.15, -0.1) is 0 Å². The van der Waals surface area contributed by atoms with E-state index in [-0.39, 0.29) is 0 Å². The van der Waals surface area contributed by atoms with E-state index in [1.165, 1.54) is 6.42 Å². The Balaban J connectivity index is 2.46. The number of nitrogens with one attached hydrogen (secondary N) is 1. The van der Waals surface area contributed by atoms with Crippen LogP contribution in [0.3, 0.4) is 0 Å². The van der Waals surface area contributed by atoms with Crippen molar-refractivity contribution < 1.29 is 9.90 Å². The number of carboxylic acids is 1. The van der Waals surface area contributed by atoms with Gasteiger partial charge >= 0.3 is 5.97 Å². The van der Waals surface area contributed by atoms with Gasteiger partial charge in [0.1, 0.15) is 0 Å². The Kier molecular flexibility index (Phi) is 7.26. The topological polar surface area (TPSA) is 52.6 Å². The van der Waals surface area contributed by atoms with E-state index in [0.717, 1.165) is 25.2 Å². The third-order valence-electron chi connectivity index (χ3n) is 3.35. The van der Waals surface area contributed by atoms with Crippen molar-refractivity contribution in [1.29, 1.82) is 0 Å². The minimum atomic E-state index is -0.875. The third kappa shape index (κ3) is 5.72. The molecule has 1 aromatic rings. The van der Waals surface area contributed by atoms with Gasteiger partial charge in [0.2, 0.25) is 0 Å². The molecule has 0 heterocycles. The summed E-state index contributed by atoms with van der Waals surface area (Å²) in [6.07, 6.45) is 1.17. The lowest BCUT2D eigenvalue weighted by atomic mass is 10.1. The van der Waals surface area contributed by atoms with E-state index < -0.39 is 5.97 Å². The van der Waals surface area contributed by atoms with E-state index in [1.807, 2.05) is 6.07 Å². The van der Waals surface area contributed by atoms with Gasteiger partial charge in [-0.2, -0.15) is 0 Å². The smallest absolute Gasteiger partial charge is 0.335 e. The molecule has 0 saturated carbocycles. The van der Waals surface area contributed by atoms with Crippen LogP contribution in [-0.4, -0.2) is 41.7 Å². The van der Waals surface area contributed by atoms with Crippen molar-refractivity contribution in [2.24, 2.45) is 0 Å². The third-order valence-corrected chi connectivity index (χ3v) is 3.35. The van der Waals surface area contributed by atoms with Crippen LogP contribution in [0, 0.1) is 0 Å². The predicted octanol–water partition coefficient (Wildman–Crippen LogP) is 2.59. The van der Waals surface area contributed by atoms with Crippen molar-refractivity contribution in [2.45, 2.75) is 39.8 Å². The Morgan fingerprint density at radius 3 is 2.75 bits per heavy atom. The highest BCUT2D eigenvalue weighted by molar-refractivity contribution is 5.87. The highest BCUT2D eigenvalue weighted by Crippen LogP contribution is 2.05. The Morgan fingerprint density at radius 1 is 1.40 bits per heavy atom. The molecule has 4 nitrogen and oxygen atoms in total. The van der Waals surface area contributed by atoms with Crippen LogP contribution >= 0.6 is 0 Å². The van der Waals surface area contributed by atoms with Crippen LogP contribution in [0.1, 0.15) is 43.1 Å². The van der Waals surface area contributed by atoms with Crippen molar-refractivity contribution in [3.05, 3.63) is 35.4 Å². The second kappa shape index (κ2) is 8.72. The summed E-state index contributed by atoms with van der Waals surface area (Å²) in [5, 5.41) is 12.4. The first kappa shape index (κ1) is 16.7. The Morgan fingerprint density at radius 2 is 2.15 bits per heavy atom. The maximum Gasteiger partial charge on any atom is 0.335 e. The molecule has 112 valence electrons. The molecule has 20 heavy (non-hydrogen) atoms. The lowest BCUT2D eigenvalue weighted by Gasteiger charge is -2.24. The quantitative estimate of drug-likeness (QED) is 0.729. The molecule has 0 bridgehead atoms. The molecule has 1 atom stereocenters. The van der Waals surface area contributed by atoms with Gasteiger partial charge in [0.25, 0.3) is 0 Å². The van der Waals surface area contributed by atoms with E-state index in [9.17, 15) is 4.79 Å². The Bertz CT molecular complexity index is 421. The number of likely N-dealkylation sites (N-methyl/N-ethyl adjacent to an activating group) is 1. The summed E-state index contributed by atoms with van der Waals surface area (Å²) < 4.78 is 0. The number of carbonyl (C=O) groups is 1. The van der Waals surface area contributed by atoms with Crippen molar-refractivity contribution in [2.75, 3.05) is 19.6 Å². The average molecular weight is 278 g/mol. The lowest BCUT2D eigenvalue weighted by Crippen LogP contribution is -2.39. The molecule has 1 rings (SSSR count). The monoisotopic (exact) mass is 278 g/mol. The fourth-order valence-corrected chi connectivity index (χ4v) is 2.25. The molecule has 1 aromatic carbocycles. The maximum absolute atomic E-state index is 10.9. The number of aromatic carboxylic acids is 1. The molecular weight excluding hydrogens is 252 g/mol. The van der Waals surface area contributed by atoms with E-state index >= 15 is 0 Å². The zero-order chi connectivity index (χ0) is 15.0. The lowest BCUT2D eigenvalue weighted by molar-refractivity contribution is 0.0696. The molecule has 0 amide bonds. The van der Waals surface area contributed by atoms with Crippen molar-refractivity contribution in [1.82, 2.24) is 10.2 Å². The zero-order valence-electron chi connectivity index (χ0n) is 12.7. The summed E-state index contributed by atoms with van der Waals surface area (Å²) in [4.78, 5) is 13.3. The Labute approximate surface area is 121 Å². The average Bonchev–Trinajstić information content (AvgIpc) is 2.45. The Hall–Kier alpha value is -1.39. The van der Waals surface area contributed by atoms with E-state index in [1.54, 1.807) is 18.2 Å². The number of nitrogens with zero attached hydrogens (tertiary/aromatic N) is 1. The van der Waals surface area contributed by atoms with Crippen LogP contribution in [0.2, 0.25) is 0 Å². The maximum atomic E-state index is 10.9. The van der Waals surface area contributed by atoms with Gasteiger partial charge in [-0.25, -0.2) is 4.79 Å². The molecule has 0 fully saturated rings. The predicted molar refractivity (Wildman–Crippen MR) is 82.1 cm³/mol. The van der Waals surface area contributed by atoms with Crippen LogP contribution in [0.15, 0.2) is 24.3 Å². The largest absolute Gasteiger partial charge is 0.478 e. The van der Waals surface area contributed by atoms with Gasteiger partial charge in [-0.1, -0.05) is 26.0 Å². The summed E-state index contributed by atoms with van der Waals surface area (Å²) in [5.41, 5.74) is 1.36. The second-order valence-corrected chi connectivity index (χ2v) is 5.18. The van der Waals surface area contributed by atoms with Crippen LogP contribution < -0.4 is 5.32 Å². The second-order valence-electron chi connectivity index (χ2n) is 5.18. The molecular formula is C16H26N2O2. The van der Waals surface area contributed by atoms with Gasteiger partial charge in [-0.3, -0.25) is 0 Å². The van der Waals surface area contributed by atoms with E-state index in [4.69, 9.17) is 5.11 Å². The van der Waals surface area contributed by atoms with Gasteiger partial charge in [-0.05, 0) is 44.1 Å². The van der Waals surface area contributed by atoms with Gasteiger partial charge in [0, 0.05) is 19.1 Å². The first-order valence-corrected chi connectivity index (χ1v) is 7.34. The molecule has 0 aliphatic rings. The summed E-state index contributed by atoms with van der Waals surface area (Å²) in [6, 6.07) is 7.48. The van der Waals surface area contributed by atoms with E-state index in [2.05, 4.69) is 31.0 Å².